The summed E-state index contributed by atoms with van der Waals surface area (Å²) in [7, 11) is 0. The molecular weight excluding hydrogens is 545 g/mol. The molecule has 0 radical (unpaired) electrons. The van der Waals surface area contributed by atoms with Gasteiger partial charge in [-0.25, -0.2) is 0 Å². The van der Waals surface area contributed by atoms with Gasteiger partial charge in [-0.15, -0.1) is 11.3 Å². The third kappa shape index (κ3) is 3.17. The number of thiophene rings is 1. The number of benzene rings is 7. The maximum Gasteiger partial charge on any atom is 0.145 e. The second kappa shape index (κ2) is 8.57. The first kappa shape index (κ1) is 23.2. The van der Waals surface area contributed by atoms with Crippen LogP contribution in [-0.4, -0.2) is 0 Å². The lowest BCUT2D eigenvalue weighted by molar-refractivity contribution is 0.618. The number of hydrogen-bond donors (Lipinski definition) is 0. The van der Waals surface area contributed by atoms with Gasteiger partial charge >= 0.3 is 0 Å². The fraction of sp³-hybridized carbons (Fsp3) is 0. The zero-order valence-corrected chi connectivity index (χ0v) is 23.7. The van der Waals surface area contributed by atoms with Crippen molar-refractivity contribution >= 4 is 86.0 Å². The van der Waals surface area contributed by atoms with E-state index >= 15 is 0 Å². The lowest BCUT2D eigenvalue weighted by Gasteiger charge is -2.18. The third-order valence-electron chi connectivity index (χ3n) is 8.95. The molecule has 0 saturated heterocycles. The molecule has 0 spiro atoms. The Balaban J connectivity index is 1.33. The van der Waals surface area contributed by atoms with Crippen molar-refractivity contribution in [1.29, 1.82) is 0 Å². The van der Waals surface area contributed by atoms with Crippen LogP contribution in [0.3, 0.4) is 0 Å². The van der Waals surface area contributed by atoms with E-state index in [1.165, 1.54) is 58.4 Å². The van der Waals surface area contributed by atoms with E-state index in [1.54, 1.807) is 6.26 Å². The van der Waals surface area contributed by atoms with E-state index in [0.29, 0.717) is 0 Å². The molecule has 3 heteroatoms. The highest BCUT2D eigenvalue weighted by Gasteiger charge is 2.20. The van der Waals surface area contributed by atoms with Gasteiger partial charge < -0.3 is 8.83 Å². The van der Waals surface area contributed by atoms with Crippen molar-refractivity contribution in [3.63, 3.8) is 0 Å². The van der Waals surface area contributed by atoms with E-state index < -0.39 is 0 Å². The van der Waals surface area contributed by atoms with Gasteiger partial charge in [0.1, 0.15) is 16.7 Å². The molecule has 3 heterocycles. The van der Waals surface area contributed by atoms with Crippen LogP contribution in [0.4, 0.5) is 0 Å². The summed E-state index contributed by atoms with van der Waals surface area (Å²) in [6.45, 7) is 0. The first-order chi connectivity index (χ1) is 21.3. The molecule has 0 aliphatic heterocycles. The molecule has 7 aromatic carbocycles. The summed E-state index contributed by atoms with van der Waals surface area (Å²) in [4.78, 5) is 0. The summed E-state index contributed by atoms with van der Waals surface area (Å²) < 4.78 is 14.9. The minimum atomic E-state index is 0.844. The number of fused-ring (bicyclic) bond motifs is 10. The molecule has 0 saturated carbocycles. The normalized spacial score (nSPS) is 12.2. The summed E-state index contributed by atoms with van der Waals surface area (Å²) in [6.07, 6.45) is 1.75. The Kier molecular flexibility index (Phi) is 4.63. The maximum absolute atomic E-state index is 6.28. The summed E-state index contributed by atoms with van der Waals surface area (Å²) in [5.74, 6) is 0. The average molecular weight is 567 g/mol. The first-order valence-electron chi connectivity index (χ1n) is 14.5. The highest BCUT2D eigenvalue weighted by atomic mass is 32.1. The number of hydrogen-bond acceptors (Lipinski definition) is 3. The zero-order chi connectivity index (χ0) is 28.1. The predicted molar refractivity (Wildman–Crippen MR) is 182 cm³/mol. The van der Waals surface area contributed by atoms with Gasteiger partial charge in [-0.1, -0.05) is 91.0 Å². The molecule has 0 bridgehead atoms. The molecule has 10 aromatic rings. The van der Waals surface area contributed by atoms with Crippen LogP contribution in [0.15, 0.2) is 142 Å². The van der Waals surface area contributed by atoms with Crippen molar-refractivity contribution < 1.29 is 8.83 Å². The fourth-order valence-corrected chi connectivity index (χ4v) is 8.34. The van der Waals surface area contributed by atoms with Gasteiger partial charge in [-0.3, -0.25) is 0 Å². The zero-order valence-electron chi connectivity index (χ0n) is 22.9. The molecular formula is C40H22O2S. The molecule has 0 N–H and O–H groups in total. The first-order valence-corrected chi connectivity index (χ1v) is 15.3. The Bertz CT molecular complexity index is 2680. The Morgan fingerprint density at radius 2 is 1.16 bits per heavy atom. The summed E-state index contributed by atoms with van der Waals surface area (Å²) in [6, 6.07) is 45.9. The van der Waals surface area contributed by atoms with Crippen LogP contribution in [-0.2, 0) is 0 Å². The Morgan fingerprint density at radius 1 is 0.488 bits per heavy atom. The molecule has 10 rings (SSSR count). The lowest BCUT2D eigenvalue weighted by Crippen LogP contribution is -1.91. The van der Waals surface area contributed by atoms with Crippen LogP contribution in [0.2, 0.25) is 0 Å². The van der Waals surface area contributed by atoms with Gasteiger partial charge in [0.05, 0.1) is 11.6 Å². The third-order valence-corrected chi connectivity index (χ3v) is 10.2. The molecule has 0 aliphatic rings. The highest BCUT2D eigenvalue weighted by molar-refractivity contribution is 7.26. The molecule has 2 nitrogen and oxygen atoms in total. The second-order valence-corrected chi connectivity index (χ2v) is 12.3. The molecule has 0 unspecified atom stereocenters. The Labute approximate surface area is 250 Å². The maximum atomic E-state index is 6.28. The van der Waals surface area contributed by atoms with Crippen LogP contribution < -0.4 is 0 Å². The highest BCUT2D eigenvalue weighted by Crippen LogP contribution is 2.48. The summed E-state index contributed by atoms with van der Waals surface area (Å²) in [5.41, 5.74) is 7.56. The van der Waals surface area contributed by atoms with Gasteiger partial charge in [0.15, 0.2) is 0 Å². The van der Waals surface area contributed by atoms with Gasteiger partial charge in [-0.2, -0.15) is 0 Å². The van der Waals surface area contributed by atoms with Crippen LogP contribution in [0, 0.1) is 0 Å². The average Bonchev–Trinajstić information content (AvgIpc) is 3.78. The van der Waals surface area contributed by atoms with Crippen molar-refractivity contribution in [1.82, 2.24) is 0 Å². The van der Waals surface area contributed by atoms with E-state index in [9.17, 15) is 0 Å². The van der Waals surface area contributed by atoms with E-state index in [2.05, 4.69) is 115 Å². The van der Waals surface area contributed by atoms with Gasteiger partial charge in [-0.05, 0) is 74.6 Å². The van der Waals surface area contributed by atoms with E-state index in [0.717, 1.165) is 38.5 Å². The minimum absolute atomic E-state index is 0.844. The fourth-order valence-electron chi connectivity index (χ4n) is 7.12. The standard InChI is InChI=1S/C40H22O2S/c1-3-11-28-26(9-1)36(24-17-18-33-32(22-24)38-34(42-33)19-16-23-20-21-41-39(23)38)27-10-2-4-12-29(27)37(28)31-14-7-13-30-25-8-5-6-15-35(25)43-40(30)31/h1-22H. The largest absolute Gasteiger partial charge is 0.464 e. The molecule has 0 fully saturated rings. The smallest absolute Gasteiger partial charge is 0.145 e. The molecule has 43 heavy (non-hydrogen) atoms. The van der Waals surface area contributed by atoms with E-state index in [1.807, 2.05) is 23.5 Å². The number of furan rings is 2. The van der Waals surface area contributed by atoms with Crippen LogP contribution >= 0.6 is 11.3 Å². The lowest BCUT2D eigenvalue weighted by atomic mass is 9.85. The van der Waals surface area contributed by atoms with Crippen LogP contribution in [0.1, 0.15) is 0 Å². The summed E-state index contributed by atoms with van der Waals surface area (Å²) in [5, 5.41) is 10.8. The van der Waals surface area contributed by atoms with Gasteiger partial charge in [0.2, 0.25) is 0 Å². The second-order valence-electron chi connectivity index (χ2n) is 11.2. The van der Waals surface area contributed by atoms with Crippen molar-refractivity contribution in [3.8, 4) is 22.3 Å². The van der Waals surface area contributed by atoms with Gasteiger partial charge in [0.25, 0.3) is 0 Å². The van der Waals surface area contributed by atoms with Crippen molar-refractivity contribution in [2.24, 2.45) is 0 Å². The Hall–Kier alpha value is -5.38. The van der Waals surface area contributed by atoms with Crippen LogP contribution in [0.25, 0.3) is 96.9 Å². The quantitative estimate of drug-likeness (QED) is 0.195. The van der Waals surface area contributed by atoms with E-state index in [-0.39, 0.29) is 0 Å². The number of rotatable bonds is 2. The van der Waals surface area contributed by atoms with Crippen molar-refractivity contribution in [3.05, 3.63) is 134 Å². The van der Waals surface area contributed by atoms with Crippen LogP contribution in [0.5, 0.6) is 0 Å². The summed E-state index contributed by atoms with van der Waals surface area (Å²) >= 11 is 1.89. The van der Waals surface area contributed by atoms with Crippen molar-refractivity contribution in [2.45, 2.75) is 0 Å². The molecule has 3 aromatic heterocycles. The van der Waals surface area contributed by atoms with E-state index in [4.69, 9.17) is 8.83 Å². The SMILES string of the molecule is c1ccc2c(c1)sc1c(-c3c4ccccc4c(-c4ccc5oc6ccc7ccoc7c6c5c4)c4ccccc34)cccc12. The monoisotopic (exact) mass is 566 g/mol. The minimum Gasteiger partial charge on any atom is -0.464 e. The molecule has 0 aliphatic carbocycles. The topological polar surface area (TPSA) is 26.3 Å². The molecule has 0 amide bonds. The Morgan fingerprint density at radius 3 is 1.95 bits per heavy atom. The molecule has 200 valence electrons. The van der Waals surface area contributed by atoms with Crippen molar-refractivity contribution in [2.75, 3.05) is 0 Å². The van der Waals surface area contributed by atoms with Gasteiger partial charge in [0, 0.05) is 36.5 Å². The predicted octanol–water partition coefficient (Wildman–Crippen LogP) is 12.3. The molecule has 0 atom stereocenters.